The average molecular weight is 281 g/mol. The molecule has 1 saturated carbocycles. The lowest BCUT2D eigenvalue weighted by Crippen LogP contribution is -2.40. The molecule has 1 rings (SSSR count). The second kappa shape index (κ2) is 7.47. The van der Waals surface area contributed by atoms with E-state index < -0.39 is 8.32 Å². The molecule has 110 valence electrons. The standard InChI is InChI=1S/C17H32OSi/c1-17(2,3)19(4,5)18-15-11-14-16-12-9-7-6-8-10-13-16/h11H,6-10,12-13,15H2,1-5H3. The van der Waals surface area contributed by atoms with Crippen LogP contribution in [0.1, 0.15) is 65.7 Å². The van der Waals surface area contributed by atoms with E-state index >= 15 is 0 Å². The fraction of sp³-hybridized carbons (Fsp3) is 0.824. The van der Waals surface area contributed by atoms with Crippen molar-refractivity contribution in [3.8, 4) is 0 Å². The van der Waals surface area contributed by atoms with Gasteiger partial charge in [-0.25, -0.2) is 0 Å². The molecule has 0 radical (unpaired) electrons. The molecule has 1 aliphatic rings. The van der Waals surface area contributed by atoms with Gasteiger partial charge < -0.3 is 4.43 Å². The van der Waals surface area contributed by atoms with Crippen molar-refractivity contribution in [2.45, 2.75) is 83.8 Å². The highest BCUT2D eigenvalue weighted by molar-refractivity contribution is 6.74. The van der Waals surface area contributed by atoms with E-state index in [9.17, 15) is 0 Å². The molecule has 0 aromatic heterocycles. The van der Waals surface area contributed by atoms with Crippen LogP contribution < -0.4 is 0 Å². The second-order valence-electron chi connectivity index (χ2n) is 7.29. The quantitative estimate of drug-likeness (QED) is 0.466. The Balaban J connectivity index is 2.47. The lowest BCUT2D eigenvalue weighted by Gasteiger charge is -2.35. The summed E-state index contributed by atoms with van der Waals surface area (Å²) in [6.45, 7) is 12.2. The molecular weight excluding hydrogens is 248 g/mol. The molecule has 1 fully saturated rings. The Morgan fingerprint density at radius 1 is 1.05 bits per heavy atom. The lowest BCUT2D eigenvalue weighted by atomic mass is 9.97. The molecule has 2 heteroatoms. The molecule has 0 spiro atoms. The molecular formula is C17H32OSi. The van der Waals surface area contributed by atoms with Crippen molar-refractivity contribution in [3.63, 3.8) is 0 Å². The van der Waals surface area contributed by atoms with Crippen molar-refractivity contribution >= 4 is 8.32 Å². The van der Waals surface area contributed by atoms with Gasteiger partial charge in [0.05, 0.1) is 6.61 Å². The van der Waals surface area contributed by atoms with Crippen molar-refractivity contribution in [1.82, 2.24) is 0 Å². The molecule has 0 atom stereocenters. The molecule has 0 aromatic carbocycles. The van der Waals surface area contributed by atoms with Crippen molar-refractivity contribution < 1.29 is 4.43 Å². The molecule has 0 bridgehead atoms. The smallest absolute Gasteiger partial charge is 0.192 e. The summed E-state index contributed by atoms with van der Waals surface area (Å²) in [4.78, 5) is 0. The summed E-state index contributed by atoms with van der Waals surface area (Å²) in [6.07, 6.45) is 11.5. The van der Waals surface area contributed by atoms with Crippen LogP contribution in [0.25, 0.3) is 0 Å². The van der Waals surface area contributed by atoms with Crippen LogP contribution >= 0.6 is 0 Å². The number of hydrogen-bond acceptors (Lipinski definition) is 1. The van der Waals surface area contributed by atoms with Crippen LogP contribution in [0.4, 0.5) is 0 Å². The summed E-state index contributed by atoms with van der Waals surface area (Å²) in [7, 11) is -1.59. The molecule has 19 heavy (non-hydrogen) atoms. The normalized spacial score (nSPS) is 18.5. The van der Waals surface area contributed by atoms with E-state index in [2.05, 4.69) is 45.7 Å². The highest BCUT2D eigenvalue weighted by Crippen LogP contribution is 2.36. The lowest BCUT2D eigenvalue weighted by molar-refractivity contribution is 0.328. The monoisotopic (exact) mass is 280 g/mol. The summed E-state index contributed by atoms with van der Waals surface area (Å²) in [5.41, 5.74) is 5.01. The van der Waals surface area contributed by atoms with Crippen LogP contribution in [-0.2, 0) is 4.43 Å². The summed E-state index contributed by atoms with van der Waals surface area (Å²) < 4.78 is 6.15. The highest BCUT2D eigenvalue weighted by atomic mass is 28.4. The first kappa shape index (κ1) is 16.8. The number of hydrogen-bond donors (Lipinski definition) is 0. The third-order valence-electron chi connectivity index (χ3n) is 4.60. The van der Waals surface area contributed by atoms with Gasteiger partial charge in [0.2, 0.25) is 0 Å². The largest absolute Gasteiger partial charge is 0.413 e. The molecule has 0 amide bonds. The Kier molecular flexibility index (Phi) is 6.59. The zero-order valence-electron chi connectivity index (χ0n) is 13.6. The van der Waals surface area contributed by atoms with Crippen LogP contribution in [0.3, 0.4) is 0 Å². The predicted molar refractivity (Wildman–Crippen MR) is 87.1 cm³/mol. The first-order chi connectivity index (χ1) is 8.83. The van der Waals surface area contributed by atoms with Crippen molar-refractivity contribution in [2.24, 2.45) is 0 Å². The van der Waals surface area contributed by atoms with E-state index in [4.69, 9.17) is 4.43 Å². The van der Waals surface area contributed by atoms with Gasteiger partial charge in [0.1, 0.15) is 0 Å². The van der Waals surface area contributed by atoms with Gasteiger partial charge in [-0.05, 0) is 55.5 Å². The second-order valence-corrected chi connectivity index (χ2v) is 12.1. The minimum atomic E-state index is -1.59. The van der Waals surface area contributed by atoms with Crippen molar-refractivity contribution in [2.75, 3.05) is 6.61 Å². The fourth-order valence-electron chi connectivity index (χ4n) is 2.13. The van der Waals surface area contributed by atoms with E-state index in [0.717, 1.165) is 6.61 Å². The average Bonchev–Trinajstić information content (AvgIpc) is 2.24. The first-order valence-corrected chi connectivity index (χ1v) is 10.8. The summed E-state index contributed by atoms with van der Waals surface area (Å²) >= 11 is 0. The Morgan fingerprint density at radius 3 is 2.11 bits per heavy atom. The molecule has 0 heterocycles. The Labute approximate surface area is 121 Å². The molecule has 0 aliphatic heterocycles. The fourth-order valence-corrected chi connectivity index (χ4v) is 3.06. The Hall–Kier alpha value is -0.303. The van der Waals surface area contributed by atoms with E-state index in [0.29, 0.717) is 5.04 Å². The Morgan fingerprint density at radius 2 is 1.58 bits per heavy atom. The zero-order valence-corrected chi connectivity index (χ0v) is 14.6. The van der Waals surface area contributed by atoms with Gasteiger partial charge in [-0.1, -0.05) is 40.0 Å². The summed E-state index contributed by atoms with van der Waals surface area (Å²) in [5, 5.41) is 0.300. The zero-order chi connectivity index (χ0) is 14.4. The van der Waals surface area contributed by atoms with Crippen LogP contribution in [0.15, 0.2) is 17.4 Å². The van der Waals surface area contributed by atoms with Crippen LogP contribution in [0.5, 0.6) is 0 Å². The van der Waals surface area contributed by atoms with Crippen LogP contribution in [0, 0.1) is 0 Å². The molecule has 0 aromatic rings. The highest BCUT2D eigenvalue weighted by Gasteiger charge is 2.36. The van der Waals surface area contributed by atoms with Gasteiger partial charge in [-0.2, -0.15) is 0 Å². The molecule has 0 unspecified atom stereocenters. The Bertz CT molecular complexity index is 320. The maximum Gasteiger partial charge on any atom is 0.192 e. The topological polar surface area (TPSA) is 9.23 Å². The van der Waals surface area contributed by atoms with Gasteiger partial charge in [0, 0.05) is 0 Å². The number of rotatable bonds is 3. The molecule has 0 N–H and O–H groups in total. The predicted octanol–water partition coefficient (Wildman–Crippen LogP) is 5.83. The molecule has 0 saturated heterocycles. The maximum atomic E-state index is 6.15. The van der Waals surface area contributed by atoms with Gasteiger partial charge in [0.15, 0.2) is 8.32 Å². The van der Waals surface area contributed by atoms with E-state index in [1.807, 2.05) is 0 Å². The van der Waals surface area contributed by atoms with Gasteiger partial charge >= 0.3 is 0 Å². The third-order valence-corrected chi connectivity index (χ3v) is 9.10. The first-order valence-electron chi connectivity index (χ1n) is 7.90. The van der Waals surface area contributed by atoms with Gasteiger partial charge in [0.25, 0.3) is 0 Å². The van der Waals surface area contributed by atoms with Crippen molar-refractivity contribution in [1.29, 1.82) is 0 Å². The van der Waals surface area contributed by atoms with E-state index in [1.165, 1.54) is 50.5 Å². The summed E-state index contributed by atoms with van der Waals surface area (Å²) in [5.74, 6) is 0. The summed E-state index contributed by atoms with van der Waals surface area (Å²) in [6, 6.07) is 0. The molecule has 1 nitrogen and oxygen atoms in total. The third kappa shape index (κ3) is 6.12. The van der Waals surface area contributed by atoms with Crippen molar-refractivity contribution in [3.05, 3.63) is 17.4 Å². The van der Waals surface area contributed by atoms with Gasteiger partial charge in [-0.15, -0.1) is 5.73 Å². The van der Waals surface area contributed by atoms with Crippen LogP contribution in [-0.4, -0.2) is 14.9 Å². The van der Waals surface area contributed by atoms with Gasteiger partial charge in [-0.3, -0.25) is 0 Å². The maximum absolute atomic E-state index is 6.15. The minimum Gasteiger partial charge on any atom is -0.413 e. The SMILES string of the molecule is CC(C)(C)[Si](C)(C)OCC=C=C1CCCCCCC1. The van der Waals surface area contributed by atoms with E-state index in [-0.39, 0.29) is 0 Å². The molecule has 1 aliphatic carbocycles. The van der Waals surface area contributed by atoms with E-state index in [1.54, 1.807) is 0 Å². The van der Waals surface area contributed by atoms with Crippen LogP contribution in [0.2, 0.25) is 18.1 Å². The minimum absolute atomic E-state index is 0.300.